The lowest BCUT2D eigenvalue weighted by molar-refractivity contribution is 0.268. The van der Waals surface area contributed by atoms with Gasteiger partial charge in [-0.05, 0) is 18.6 Å². The fourth-order valence-corrected chi connectivity index (χ4v) is 1.54. The van der Waals surface area contributed by atoms with Crippen LogP contribution >= 0.6 is 0 Å². The summed E-state index contributed by atoms with van der Waals surface area (Å²) in [5, 5.41) is 12.5. The van der Waals surface area contributed by atoms with Gasteiger partial charge in [-0.2, -0.15) is 0 Å². The summed E-state index contributed by atoms with van der Waals surface area (Å²) < 4.78 is 5.22. The number of methoxy groups -OCH3 is 1. The Bertz CT molecular complexity index is 289. The van der Waals surface area contributed by atoms with Crippen molar-refractivity contribution < 1.29 is 9.84 Å². The molecule has 1 aromatic carbocycles. The van der Waals surface area contributed by atoms with E-state index in [2.05, 4.69) is 12.2 Å². The Morgan fingerprint density at radius 2 is 2.13 bits per heavy atom. The average Bonchev–Trinajstić information content (AvgIpc) is 2.29. The van der Waals surface area contributed by atoms with Crippen LogP contribution in [0.3, 0.4) is 0 Å². The number of hydrogen-bond acceptors (Lipinski definition) is 3. The molecule has 0 aliphatic heterocycles. The van der Waals surface area contributed by atoms with E-state index in [0.717, 1.165) is 24.3 Å². The summed E-state index contributed by atoms with van der Waals surface area (Å²) in [5.74, 6) is 0.812. The Kier molecular flexibility index (Phi) is 4.98. The topological polar surface area (TPSA) is 41.5 Å². The highest BCUT2D eigenvalue weighted by Crippen LogP contribution is 2.24. The van der Waals surface area contributed by atoms with E-state index in [1.807, 2.05) is 24.3 Å². The van der Waals surface area contributed by atoms with Crippen molar-refractivity contribution in [1.82, 2.24) is 0 Å². The first-order chi connectivity index (χ1) is 7.31. The molecule has 0 aliphatic rings. The zero-order valence-electron chi connectivity index (χ0n) is 9.36. The van der Waals surface area contributed by atoms with E-state index >= 15 is 0 Å². The molecule has 1 unspecified atom stereocenters. The van der Waals surface area contributed by atoms with Crippen molar-refractivity contribution in [2.45, 2.75) is 25.8 Å². The predicted octanol–water partition coefficient (Wildman–Crippen LogP) is 2.27. The van der Waals surface area contributed by atoms with Crippen molar-refractivity contribution >= 4 is 5.69 Å². The molecule has 1 atom stereocenters. The van der Waals surface area contributed by atoms with Crippen molar-refractivity contribution in [3.8, 4) is 5.75 Å². The van der Waals surface area contributed by atoms with Crippen LogP contribution in [0.1, 0.15) is 19.8 Å². The molecular weight excluding hydrogens is 190 g/mol. The van der Waals surface area contributed by atoms with Gasteiger partial charge in [0.05, 0.1) is 19.4 Å². The minimum Gasteiger partial charge on any atom is -0.495 e. The lowest BCUT2D eigenvalue weighted by Gasteiger charge is -2.18. The van der Waals surface area contributed by atoms with Crippen LogP contribution in [0.15, 0.2) is 24.3 Å². The Hall–Kier alpha value is -1.22. The number of rotatable bonds is 6. The second kappa shape index (κ2) is 6.30. The van der Waals surface area contributed by atoms with E-state index in [0.29, 0.717) is 0 Å². The SMILES string of the molecule is CCCC(CO)Nc1ccccc1OC. The largest absolute Gasteiger partial charge is 0.495 e. The first-order valence-electron chi connectivity index (χ1n) is 5.32. The molecule has 0 spiro atoms. The second-order valence-electron chi connectivity index (χ2n) is 3.51. The summed E-state index contributed by atoms with van der Waals surface area (Å²) >= 11 is 0. The van der Waals surface area contributed by atoms with E-state index < -0.39 is 0 Å². The zero-order valence-corrected chi connectivity index (χ0v) is 9.36. The first-order valence-corrected chi connectivity index (χ1v) is 5.32. The first kappa shape index (κ1) is 11.9. The van der Waals surface area contributed by atoms with Gasteiger partial charge in [0, 0.05) is 6.04 Å². The molecule has 3 nitrogen and oxygen atoms in total. The molecule has 15 heavy (non-hydrogen) atoms. The van der Waals surface area contributed by atoms with E-state index in [-0.39, 0.29) is 12.6 Å². The average molecular weight is 209 g/mol. The molecule has 0 bridgehead atoms. The minimum atomic E-state index is 0.103. The van der Waals surface area contributed by atoms with Gasteiger partial charge < -0.3 is 15.2 Å². The van der Waals surface area contributed by atoms with Crippen molar-refractivity contribution in [1.29, 1.82) is 0 Å². The molecule has 1 rings (SSSR count). The second-order valence-corrected chi connectivity index (χ2v) is 3.51. The smallest absolute Gasteiger partial charge is 0.141 e. The van der Waals surface area contributed by atoms with Gasteiger partial charge in [-0.15, -0.1) is 0 Å². The highest BCUT2D eigenvalue weighted by Gasteiger charge is 2.08. The maximum atomic E-state index is 9.18. The minimum absolute atomic E-state index is 0.103. The summed E-state index contributed by atoms with van der Waals surface area (Å²) in [6, 6.07) is 7.84. The van der Waals surface area contributed by atoms with Gasteiger partial charge in [0.25, 0.3) is 0 Å². The highest BCUT2D eigenvalue weighted by atomic mass is 16.5. The van der Waals surface area contributed by atoms with Gasteiger partial charge in [0.15, 0.2) is 0 Å². The molecule has 1 aromatic rings. The van der Waals surface area contributed by atoms with Crippen LogP contribution < -0.4 is 10.1 Å². The summed E-state index contributed by atoms with van der Waals surface area (Å²) in [6.45, 7) is 2.25. The molecule has 0 fully saturated rings. The summed E-state index contributed by atoms with van der Waals surface area (Å²) in [4.78, 5) is 0. The zero-order chi connectivity index (χ0) is 11.1. The third-order valence-electron chi connectivity index (χ3n) is 2.32. The Morgan fingerprint density at radius 1 is 1.40 bits per heavy atom. The van der Waals surface area contributed by atoms with E-state index in [1.54, 1.807) is 7.11 Å². The number of ether oxygens (including phenoxy) is 1. The third-order valence-corrected chi connectivity index (χ3v) is 2.32. The van der Waals surface area contributed by atoms with Crippen molar-refractivity contribution in [3.63, 3.8) is 0 Å². The van der Waals surface area contributed by atoms with Crippen LogP contribution in [0.25, 0.3) is 0 Å². The lowest BCUT2D eigenvalue weighted by Crippen LogP contribution is -2.23. The van der Waals surface area contributed by atoms with Crippen LogP contribution in [0.5, 0.6) is 5.75 Å². The Morgan fingerprint density at radius 3 is 2.73 bits per heavy atom. The molecule has 84 valence electrons. The number of para-hydroxylation sites is 2. The van der Waals surface area contributed by atoms with Crippen molar-refractivity contribution in [2.24, 2.45) is 0 Å². The fraction of sp³-hybridized carbons (Fsp3) is 0.500. The number of nitrogens with one attached hydrogen (secondary N) is 1. The molecule has 0 saturated heterocycles. The normalized spacial score (nSPS) is 12.2. The number of anilines is 1. The van der Waals surface area contributed by atoms with Crippen LogP contribution in [-0.4, -0.2) is 24.9 Å². The Balaban J connectivity index is 2.69. The molecule has 2 N–H and O–H groups in total. The van der Waals surface area contributed by atoms with Crippen LogP contribution in [-0.2, 0) is 0 Å². The molecule has 0 heterocycles. The maximum Gasteiger partial charge on any atom is 0.141 e. The van der Waals surface area contributed by atoms with E-state index in [9.17, 15) is 5.11 Å². The monoisotopic (exact) mass is 209 g/mol. The van der Waals surface area contributed by atoms with Crippen molar-refractivity contribution in [2.75, 3.05) is 19.0 Å². The van der Waals surface area contributed by atoms with Gasteiger partial charge in [0.1, 0.15) is 5.75 Å². The molecular formula is C12H19NO2. The molecule has 0 aliphatic carbocycles. The maximum absolute atomic E-state index is 9.18. The van der Waals surface area contributed by atoms with Gasteiger partial charge in [-0.25, -0.2) is 0 Å². The fourth-order valence-electron chi connectivity index (χ4n) is 1.54. The lowest BCUT2D eigenvalue weighted by atomic mass is 10.1. The van der Waals surface area contributed by atoms with Gasteiger partial charge >= 0.3 is 0 Å². The summed E-state index contributed by atoms with van der Waals surface area (Å²) in [6.07, 6.45) is 2.00. The number of hydrogen-bond donors (Lipinski definition) is 2. The molecule has 3 heteroatoms. The number of benzene rings is 1. The van der Waals surface area contributed by atoms with E-state index in [1.165, 1.54) is 0 Å². The third kappa shape index (κ3) is 3.44. The number of aliphatic hydroxyl groups excluding tert-OH is 1. The van der Waals surface area contributed by atoms with Gasteiger partial charge in [-0.3, -0.25) is 0 Å². The highest BCUT2D eigenvalue weighted by molar-refractivity contribution is 5.56. The van der Waals surface area contributed by atoms with Crippen LogP contribution in [0.2, 0.25) is 0 Å². The summed E-state index contributed by atoms with van der Waals surface area (Å²) in [7, 11) is 1.65. The molecule has 0 aromatic heterocycles. The molecule has 0 saturated carbocycles. The quantitative estimate of drug-likeness (QED) is 0.755. The van der Waals surface area contributed by atoms with E-state index in [4.69, 9.17) is 4.74 Å². The standard InChI is InChI=1S/C12H19NO2/c1-3-6-10(9-14)13-11-7-4-5-8-12(11)15-2/h4-5,7-8,10,13-14H,3,6,9H2,1-2H3. The molecule has 0 radical (unpaired) electrons. The number of aliphatic hydroxyl groups is 1. The van der Waals surface area contributed by atoms with Crippen molar-refractivity contribution in [3.05, 3.63) is 24.3 Å². The Labute approximate surface area is 91.1 Å². The van der Waals surface area contributed by atoms with Gasteiger partial charge in [-0.1, -0.05) is 25.5 Å². The van der Waals surface area contributed by atoms with Crippen LogP contribution in [0, 0.1) is 0 Å². The predicted molar refractivity (Wildman–Crippen MR) is 62.4 cm³/mol. The summed E-state index contributed by atoms with van der Waals surface area (Å²) in [5.41, 5.74) is 0.938. The van der Waals surface area contributed by atoms with Gasteiger partial charge in [0.2, 0.25) is 0 Å². The van der Waals surface area contributed by atoms with Crippen LogP contribution in [0.4, 0.5) is 5.69 Å². The molecule has 0 amide bonds.